The summed E-state index contributed by atoms with van der Waals surface area (Å²) >= 11 is 6.45. The second kappa shape index (κ2) is 9.64. The number of nitrogens with zero attached hydrogens (tertiary/aromatic N) is 1. The van der Waals surface area contributed by atoms with Crippen LogP contribution in [-0.4, -0.2) is 48.9 Å². The van der Waals surface area contributed by atoms with Gasteiger partial charge in [-0.3, -0.25) is 14.5 Å². The molecule has 7 nitrogen and oxygen atoms in total. The first-order valence-corrected chi connectivity index (χ1v) is 10.1. The van der Waals surface area contributed by atoms with E-state index in [4.69, 9.17) is 26.4 Å². The van der Waals surface area contributed by atoms with Crippen LogP contribution in [0, 0.1) is 0 Å². The van der Waals surface area contributed by atoms with Gasteiger partial charge in [0.1, 0.15) is 16.6 Å². The van der Waals surface area contributed by atoms with Gasteiger partial charge in [-0.15, -0.1) is 0 Å². The molecule has 3 rings (SSSR count). The number of carbonyl (C=O) groups excluding carboxylic acids is 2. The van der Waals surface area contributed by atoms with Gasteiger partial charge >= 0.3 is 0 Å². The monoisotopic (exact) mass is 444 g/mol. The molecule has 1 heterocycles. The van der Waals surface area contributed by atoms with Crippen molar-refractivity contribution in [2.45, 2.75) is 0 Å². The molecule has 30 heavy (non-hydrogen) atoms. The fraction of sp³-hybridized carbons (Fsp3) is 0.190. The molecule has 156 valence electrons. The lowest BCUT2D eigenvalue weighted by Crippen LogP contribution is -2.36. The van der Waals surface area contributed by atoms with Crippen LogP contribution in [0.4, 0.5) is 5.69 Å². The topological polar surface area (TPSA) is 77.1 Å². The minimum absolute atomic E-state index is 0.167. The fourth-order valence-corrected chi connectivity index (χ4v) is 4.00. The number of anilines is 1. The molecule has 2 aromatic rings. The van der Waals surface area contributed by atoms with Crippen molar-refractivity contribution in [1.82, 2.24) is 4.90 Å². The summed E-state index contributed by atoms with van der Waals surface area (Å²) in [7, 11) is 4.67. The third-order valence-corrected chi connectivity index (χ3v) is 5.63. The zero-order chi connectivity index (χ0) is 21.7. The van der Waals surface area contributed by atoms with Gasteiger partial charge in [0.05, 0.1) is 26.2 Å². The number of methoxy groups -OCH3 is 3. The van der Waals surface area contributed by atoms with Crippen molar-refractivity contribution < 1.29 is 23.8 Å². The lowest BCUT2D eigenvalue weighted by atomic mass is 10.2. The lowest BCUT2D eigenvalue weighted by molar-refractivity contribution is -0.126. The highest BCUT2D eigenvalue weighted by molar-refractivity contribution is 8.26. The van der Waals surface area contributed by atoms with E-state index in [0.717, 1.165) is 17.3 Å². The van der Waals surface area contributed by atoms with Crippen molar-refractivity contribution in [2.75, 3.05) is 33.2 Å². The Balaban J connectivity index is 1.69. The Labute approximate surface area is 184 Å². The highest BCUT2D eigenvalue weighted by Gasteiger charge is 2.33. The van der Waals surface area contributed by atoms with Crippen LogP contribution >= 0.6 is 24.0 Å². The van der Waals surface area contributed by atoms with Crippen LogP contribution < -0.4 is 19.5 Å². The molecular weight excluding hydrogens is 424 g/mol. The Morgan fingerprint density at radius 2 is 1.77 bits per heavy atom. The Morgan fingerprint density at radius 3 is 2.40 bits per heavy atom. The standard InChI is InChI=1S/C21H20N2O5S2/c1-26-15-7-5-14(6-8-15)22-19(24)12-23-20(25)18(30-21(23)29)11-13-4-9-16(27-2)17(10-13)28-3/h4-11H,12H2,1-3H3,(H,22,24). The molecule has 0 atom stereocenters. The Kier molecular flexibility index (Phi) is 6.96. The summed E-state index contributed by atoms with van der Waals surface area (Å²) in [6.45, 7) is -0.167. The number of amides is 2. The highest BCUT2D eigenvalue weighted by Crippen LogP contribution is 2.34. The number of benzene rings is 2. The predicted octanol–water partition coefficient (Wildman–Crippen LogP) is 3.55. The Hall–Kier alpha value is -3.04. The maximum atomic E-state index is 12.8. The minimum Gasteiger partial charge on any atom is -0.497 e. The van der Waals surface area contributed by atoms with Crippen molar-refractivity contribution >= 4 is 51.9 Å². The summed E-state index contributed by atoms with van der Waals surface area (Å²) in [4.78, 5) is 26.9. The molecule has 0 bridgehead atoms. The molecular formula is C21H20N2O5S2. The quantitative estimate of drug-likeness (QED) is 0.517. The van der Waals surface area contributed by atoms with E-state index in [0.29, 0.717) is 32.2 Å². The van der Waals surface area contributed by atoms with Gasteiger partial charge in [-0.2, -0.15) is 0 Å². The van der Waals surface area contributed by atoms with Gasteiger partial charge in [0.25, 0.3) is 5.91 Å². The van der Waals surface area contributed by atoms with Crippen molar-refractivity contribution in [3.8, 4) is 17.2 Å². The number of hydrogen-bond donors (Lipinski definition) is 1. The zero-order valence-corrected chi connectivity index (χ0v) is 18.3. The van der Waals surface area contributed by atoms with Crippen LogP contribution in [0.5, 0.6) is 17.2 Å². The number of carbonyl (C=O) groups is 2. The number of ether oxygens (including phenoxy) is 3. The fourth-order valence-electron chi connectivity index (χ4n) is 2.75. The molecule has 1 saturated heterocycles. The molecule has 0 radical (unpaired) electrons. The van der Waals surface area contributed by atoms with Gasteiger partial charge in [-0.25, -0.2) is 0 Å². The lowest BCUT2D eigenvalue weighted by Gasteiger charge is -2.14. The van der Waals surface area contributed by atoms with Crippen LogP contribution in [0.3, 0.4) is 0 Å². The van der Waals surface area contributed by atoms with E-state index < -0.39 is 0 Å². The van der Waals surface area contributed by atoms with Crippen molar-refractivity contribution in [2.24, 2.45) is 0 Å². The number of rotatable bonds is 7. The molecule has 1 aliphatic rings. The maximum absolute atomic E-state index is 12.8. The Bertz CT molecular complexity index is 1000. The van der Waals surface area contributed by atoms with E-state index in [9.17, 15) is 9.59 Å². The van der Waals surface area contributed by atoms with Crippen LogP contribution in [0.25, 0.3) is 6.08 Å². The SMILES string of the molecule is COc1ccc(NC(=O)CN2C(=O)C(=Cc3ccc(OC)c(OC)c3)SC2=S)cc1. The first kappa shape index (κ1) is 21.7. The van der Waals surface area contributed by atoms with E-state index in [1.165, 1.54) is 4.90 Å². The van der Waals surface area contributed by atoms with Crippen molar-refractivity contribution in [3.63, 3.8) is 0 Å². The van der Waals surface area contributed by atoms with Crippen LogP contribution in [0.15, 0.2) is 47.4 Å². The summed E-state index contributed by atoms with van der Waals surface area (Å²) in [5, 5.41) is 2.75. The van der Waals surface area contributed by atoms with E-state index in [-0.39, 0.29) is 18.4 Å². The molecule has 9 heteroatoms. The average molecular weight is 445 g/mol. The van der Waals surface area contributed by atoms with E-state index in [2.05, 4.69) is 5.32 Å². The second-order valence-corrected chi connectivity index (χ2v) is 7.83. The van der Waals surface area contributed by atoms with E-state index >= 15 is 0 Å². The van der Waals surface area contributed by atoms with Gasteiger partial charge in [0, 0.05) is 5.69 Å². The van der Waals surface area contributed by atoms with E-state index in [1.54, 1.807) is 63.8 Å². The molecule has 1 aliphatic heterocycles. The molecule has 0 aliphatic carbocycles. The molecule has 0 aromatic heterocycles. The zero-order valence-electron chi connectivity index (χ0n) is 16.6. The van der Waals surface area contributed by atoms with Crippen molar-refractivity contribution in [1.29, 1.82) is 0 Å². The largest absolute Gasteiger partial charge is 0.497 e. The average Bonchev–Trinajstić information content (AvgIpc) is 3.01. The molecule has 2 amide bonds. The second-order valence-electron chi connectivity index (χ2n) is 6.16. The van der Waals surface area contributed by atoms with Crippen molar-refractivity contribution in [3.05, 3.63) is 52.9 Å². The first-order chi connectivity index (χ1) is 14.4. The van der Waals surface area contributed by atoms with Gasteiger partial charge in [-0.05, 0) is 48.0 Å². The highest BCUT2D eigenvalue weighted by atomic mass is 32.2. The van der Waals surface area contributed by atoms with Crippen LogP contribution in [-0.2, 0) is 9.59 Å². The molecule has 1 N–H and O–H groups in total. The number of nitrogens with one attached hydrogen (secondary N) is 1. The summed E-state index contributed by atoms with van der Waals surface area (Å²) < 4.78 is 15.9. The third kappa shape index (κ3) is 4.92. The maximum Gasteiger partial charge on any atom is 0.266 e. The third-order valence-electron chi connectivity index (χ3n) is 4.25. The predicted molar refractivity (Wildman–Crippen MR) is 121 cm³/mol. The van der Waals surface area contributed by atoms with Gasteiger partial charge in [0.15, 0.2) is 11.5 Å². The number of thiocarbonyl (C=S) groups is 1. The molecule has 2 aromatic carbocycles. The van der Waals surface area contributed by atoms with Crippen LogP contribution in [0.1, 0.15) is 5.56 Å². The normalized spacial score (nSPS) is 14.8. The Morgan fingerprint density at radius 1 is 1.07 bits per heavy atom. The summed E-state index contributed by atoms with van der Waals surface area (Å²) in [5.74, 6) is 1.18. The number of hydrogen-bond acceptors (Lipinski definition) is 7. The number of thioether (sulfide) groups is 1. The minimum atomic E-state index is -0.344. The summed E-state index contributed by atoms with van der Waals surface area (Å²) in [6.07, 6.45) is 1.71. The molecule has 0 saturated carbocycles. The van der Waals surface area contributed by atoms with Gasteiger partial charge in [0.2, 0.25) is 5.91 Å². The molecule has 0 spiro atoms. The first-order valence-electron chi connectivity index (χ1n) is 8.86. The summed E-state index contributed by atoms with van der Waals surface area (Å²) in [5.41, 5.74) is 1.36. The summed E-state index contributed by atoms with van der Waals surface area (Å²) in [6, 6.07) is 12.2. The van der Waals surface area contributed by atoms with Gasteiger partial charge in [-0.1, -0.05) is 30.0 Å². The smallest absolute Gasteiger partial charge is 0.266 e. The molecule has 0 unspecified atom stereocenters. The van der Waals surface area contributed by atoms with Crippen LogP contribution in [0.2, 0.25) is 0 Å². The van der Waals surface area contributed by atoms with Gasteiger partial charge < -0.3 is 19.5 Å². The van der Waals surface area contributed by atoms with E-state index in [1.807, 2.05) is 6.07 Å². The molecule has 1 fully saturated rings.